The first-order valence-corrected chi connectivity index (χ1v) is 6.91. The molecule has 0 unspecified atom stereocenters. The molecule has 4 nitrogen and oxygen atoms in total. The van der Waals surface area contributed by atoms with E-state index in [1.165, 1.54) is 0 Å². The predicted molar refractivity (Wildman–Crippen MR) is 85.1 cm³/mol. The second-order valence-corrected chi connectivity index (χ2v) is 5.41. The van der Waals surface area contributed by atoms with Crippen LogP contribution in [0.25, 0.3) is 10.9 Å². The lowest BCUT2D eigenvalue weighted by Crippen LogP contribution is -1.73. The van der Waals surface area contributed by atoms with Crippen LogP contribution in [-0.2, 0) is 0 Å². The van der Waals surface area contributed by atoms with Gasteiger partial charge in [0.1, 0.15) is 0 Å². The molecule has 0 saturated heterocycles. The van der Waals surface area contributed by atoms with Crippen LogP contribution in [0, 0.1) is 13.8 Å². The lowest BCUT2D eigenvalue weighted by Gasteiger charge is -1.98. The van der Waals surface area contributed by atoms with Crippen LogP contribution in [0.4, 0.5) is 11.4 Å². The molecule has 0 aliphatic rings. The minimum absolute atomic E-state index is 0.0116. The lowest BCUT2D eigenvalue weighted by atomic mass is 10.1. The van der Waals surface area contributed by atoms with Gasteiger partial charge in [-0.3, -0.25) is 0 Å². The van der Waals surface area contributed by atoms with E-state index in [0.717, 1.165) is 22.0 Å². The number of hydrogen-bond donors (Lipinski definition) is 2. The van der Waals surface area contributed by atoms with Crippen molar-refractivity contribution >= 4 is 33.9 Å². The molecule has 0 fully saturated rings. The van der Waals surface area contributed by atoms with Gasteiger partial charge in [0, 0.05) is 10.4 Å². The number of azo groups is 1. The van der Waals surface area contributed by atoms with E-state index < -0.39 is 0 Å². The number of fused-ring (bicyclic) bond motifs is 1. The van der Waals surface area contributed by atoms with Crippen LogP contribution in [-0.4, -0.2) is 10.1 Å². The van der Waals surface area contributed by atoms with Crippen molar-refractivity contribution in [3.05, 3.63) is 52.5 Å². The highest BCUT2D eigenvalue weighted by Gasteiger charge is 2.10. The van der Waals surface area contributed by atoms with Gasteiger partial charge in [-0.15, -0.1) is 5.11 Å². The van der Waals surface area contributed by atoms with Gasteiger partial charge >= 0.3 is 0 Å². The second-order valence-electron chi connectivity index (χ2n) is 5.00. The number of aromatic nitrogens is 1. The molecule has 0 amide bonds. The molecule has 0 atom stereocenters. The lowest BCUT2D eigenvalue weighted by molar-refractivity contribution is 0.459. The van der Waals surface area contributed by atoms with Gasteiger partial charge in [-0.25, -0.2) is 0 Å². The number of aryl methyl sites for hydroxylation is 2. The molecule has 3 aromatic rings. The van der Waals surface area contributed by atoms with E-state index in [4.69, 9.17) is 11.6 Å². The van der Waals surface area contributed by atoms with Crippen molar-refractivity contribution in [2.24, 2.45) is 10.2 Å². The summed E-state index contributed by atoms with van der Waals surface area (Å²) in [5.41, 5.74) is 3.99. The highest BCUT2D eigenvalue weighted by Crippen LogP contribution is 2.37. The summed E-state index contributed by atoms with van der Waals surface area (Å²) in [6.07, 6.45) is 0. The Kier molecular flexibility index (Phi) is 3.39. The smallest absolute Gasteiger partial charge is 0.218 e. The Labute approximate surface area is 127 Å². The summed E-state index contributed by atoms with van der Waals surface area (Å²) in [5, 5.41) is 19.8. The third-order valence-corrected chi connectivity index (χ3v) is 3.74. The van der Waals surface area contributed by atoms with Gasteiger partial charge in [0.15, 0.2) is 5.69 Å². The largest absolute Gasteiger partial charge is 0.493 e. The topological polar surface area (TPSA) is 60.7 Å². The van der Waals surface area contributed by atoms with Crippen molar-refractivity contribution in [2.75, 3.05) is 0 Å². The molecular weight excluding hydrogens is 286 g/mol. The van der Waals surface area contributed by atoms with Crippen LogP contribution in [0.1, 0.15) is 11.1 Å². The van der Waals surface area contributed by atoms with E-state index in [9.17, 15) is 5.11 Å². The summed E-state index contributed by atoms with van der Waals surface area (Å²) >= 11 is 6.06. The van der Waals surface area contributed by atoms with Crippen molar-refractivity contribution in [1.29, 1.82) is 0 Å². The maximum atomic E-state index is 9.97. The zero-order valence-corrected chi connectivity index (χ0v) is 12.4. The zero-order chi connectivity index (χ0) is 15.0. The molecule has 0 spiro atoms. The molecule has 106 valence electrons. The number of benzene rings is 2. The SMILES string of the molecule is Cc1ccc2[nH]c(O)c(N=Nc3ccc(C)c(Cl)c3)c2c1. The molecule has 21 heavy (non-hydrogen) atoms. The van der Waals surface area contributed by atoms with E-state index >= 15 is 0 Å². The van der Waals surface area contributed by atoms with Crippen molar-refractivity contribution in [3.8, 4) is 5.88 Å². The number of aromatic hydroxyl groups is 1. The van der Waals surface area contributed by atoms with Gasteiger partial charge in [0.2, 0.25) is 5.88 Å². The summed E-state index contributed by atoms with van der Waals surface area (Å²) in [6, 6.07) is 11.3. The Balaban J connectivity index is 2.04. The first-order chi connectivity index (χ1) is 10.0. The molecule has 3 rings (SSSR count). The van der Waals surface area contributed by atoms with Gasteiger partial charge in [-0.05, 0) is 43.7 Å². The van der Waals surface area contributed by atoms with Gasteiger partial charge in [-0.2, -0.15) is 5.11 Å². The van der Waals surface area contributed by atoms with Gasteiger partial charge in [0.05, 0.1) is 11.2 Å². The quantitative estimate of drug-likeness (QED) is 0.598. The molecular formula is C16H14ClN3O. The number of H-pyrrole nitrogens is 1. The molecule has 2 aromatic carbocycles. The molecule has 1 heterocycles. The van der Waals surface area contributed by atoms with Crippen molar-refractivity contribution in [1.82, 2.24) is 4.98 Å². The Bertz CT molecular complexity index is 852. The van der Waals surface area contributed by atoms with Gasteiger partial charge in [-0.1, -0.05) is 29.3 Å². The molecule has 0 bridgehead atoms. The molecule has 5 heteroatoms. The zero-order valence-electron chi connectivity index (χ0n) is 11.7. The van der Waals surface area contributed by atoms with Crippen LogP contribution < -0.4 is 0 Å². The number of halogens is 1. The van der Waals surface area contributed by atoms with E-state index in [1.54, 1.807) is 6.07 Å². The number of hydrogen-bond acceptors (Lipinski definition) is 3. The Morgan fingerprint density at radius 1 is 1.05 bits per heavy atom. The molecule has 0 aliphatic heterocycles. The van der Waals surface area contributed by atoms with Crippen molar-refractivity contribution in [2.45, 2.75) is 13.8 Å². The molecule has 2 N–H and O–H groups in total. The summed E-state index contributed by atoms with van der Waals surface area (Å²) < 4.78 is 0. The fourth-order valence-electron chi connectivity index (χ4n) is 2.13. The average Bonchev–Trinajstić information content (AvgIpc) is 2.75. The third kappa shape index (κ3) is 2.62. The van der Waals surface area contributed by atoms with Gasteiger partial charge in [0.25, 0.3) is 0 Å². The van der Waals surface area contributed by atoms with Crippen LogP contribution in [0.2, 0.25) is 5.02 Å². The minimum Gasteiger partial charge on any atom is -0.493 e. The van der Waals surface area contributed by atoms with E-state index in [1.807, 2.05) is 44.2 Å². The molecule has 0 aliphatic carbocycles. The molecule has 0 radical (unpaired) electrons. The average molecular weight is 300 g/mol. The summed E-state index contributed by atoms with van der Waals surface area (Å²) in [5.74, 6) is 0.0116. The minimum atomic E-state index is 0.0116. The maximum absolute atomic E-state index is 9.97. The first kappa shape index (κ1) is 13.6. The Hall–Kier alpha value is -2.33. The standard InChI is InChI=1S/C16H14ClN3O/c1-9-3-6-14-12(7-9)15(16(21)18-14)20-19-11-5-4-10(2)13(17)8-11/h3-8,18,21H,1-2H3. The monoisotopic (exact) mass is 299 g/mol. The Morgan fingerprint density at radius 3 is 2.62 bits per heavy atom. The third-order valence-electron chi connectivity index (χ3n) is 3.33. The van der Waals surface area contributed by atoms with Crippen molar-refractivity contribution in [3.63, 3.8) is 0 Å². The van der Waals surface area contributed by atoms with E-state index in [-0.39, 0.29) is 5.88 Å². The maximum Gasteiger partial charge on any atom is 0.218 e. The fourth-order valence-corrected chi connectivity index (χ4v) is 2.31. The van der Waals surface area contributed by atoms with Gasteiger partial charge < -0.3 is 10.1 Å². The van der Waals surface area contributed by atoms with Crippen LogP contribution in [0.15, 0.2) is 46.6 Å². The molecule has 0 saturated carbocycles. The fraction of sp³-hybridized carbons (Fsp3) is 0.125. The summed E-state index contributed by atoms with van der Waals surface area (Å²) in [4.78, 5) is 2.89. The first-order valence-electron chi connectivity index (χ1n) is 6.54. The van der Waals surface area contributed by atoms with E-state index in [0.29, 0.717) is 16.4 Å². The second kappa shape index (κ2) is 5.22. The molecule has 1 aromatic heterocycles. The van der Waals surface area contributed by atoms with Crippen LogP contribution >= 0.6 is 11.6 Å². The van der Waals surface area contributed by atoms with Crippen molar-refractivity contribution < 1.29 is 5.11 Å². The van der Waals surface area contributed by atoms with Crippen LogP contribution in [0.5, 0.6) is 5.88 Å². The highest BCUT2D eigenvalue weighted by atomic mass is 35.5. The summed E-state index contributed by atoms with van der Waals surface area (Å²) in [6.45, 7) is 3.92. The normalized spacial score (nSPS) is 11.6. The van der Waals surface area contributed by atoms with E-state index in [2.05, 4.69) is 15.2 Å². The Morgan fingerprint density at radius 2 is 1.86 bits per heavy atom. The summed E-state index contributed by atoms with van der Waals surface area (Å²) in [7, 11) is 0. The number of nitrogens with one attached hydrogen (secondary N) is 1. The number of nitrogens with zero attached hydrogens (tertiary/aromatic N) is 2. The predicted octanol–water partition coefficient (Wildman–Crippen LogP) is 5.56. The highest BCUT2D eigenvalue weighted by molar-refractivity contribution is 6.31. The number of rotatable bonds is 2. The number of aromatic amines is 1. The van der Waals surface area contributed by atoms with Crippen LogP contribution in [0.3, 0.4) is 0 Å².